The normalized spacial score (nSPS) is 17.1. The number of para-hydroxylation sites is 1. The van der Waals surface area contributed by atoms with Crippen molar-refractivity contribution in [2.45, 2.75) is 12.8 Å². The smallest absolute Gasteiger partial charge is 0.341 e. The molecule has 1 unspecified atom stereocenters. The number of rotatable bonds is 4. The molecule has 4 heterocycles. The predicted octanol–water partition coefficient (Wildman–Crippen LogP) is 3.08. The second-order valence-electron chi connectivity index (χ2n) is 7.73. The van der Waals surface area contributed by atoms with Gasteiger partial charge in [0.25, 0.3) is 5.56 Å². The Balaban J connectivity index is 1.83. The zero-order valence-electron chi connectivity index (χ0n) is 16.1. The number of fused-ring (bicyclic) bond motifs is 2. The highest BCUT2D eigenvalue weighted by Crippen LogP contribution is 2.49. The van der Waals surface area contributed by atoms with Gasteiger partial charge in [0.15, 0.2) is 11.6 Å². The second-order valence-corrected chi connectivity index (χ2v) is 7.73. The monoisotopic (exact) mass is 409 g/mol. The average molecular weight is 409 g/mol. The summed E-state index contributed by atoms with van der Waals surface area (Å²) in [4.78, 5) is 26.3. The lowest BCUT2D eigenvalue weighted by Gasteiger charge is -2.28. The van der Waals surface area contributed by atoms with E-state index in [4.69, 9.17) is 10.5 Å². The number of anilines is 1. The first-order valence-corrected chi connectivity index (χ1v) is 9.87. The highest BCUT2D eigenvalue weighted by molar-refractivity contribution is 6.00. The fraction of sp³-hybridized carbons (Fsp3) is 0.273. The molecule has 5 rings (SSSR count). The summed E-state index contributed by atoms with van der Waals surface area (Å²) in [6, 6.07) is 8.40. The number of ether oxygens (including phenoxy) is 1. The summed E-state index contributed by atoms with van der Waals surface area (Å²) < 4.78 is 22.5. The molecule has 0 bridgehead atoms. The highest BCUT2D eigenvalue weighted by Gasteiger charge is 2.33. The van der Waals surface area contributed by atoms with Crippen LogP contribution in [0.1, 0.15) is 23.2 Å². The number of pyridine rings is 2. The minimum absolute atomic E-state index is 0.222. The van der Waals surface area contributed by atoms with Crippen LogP contribution < -0.4 is 20.9 Å². The zero-order chi connectivity index (χ0) is 21.0. The van der Waals surface area contributed by atoms with Gasteiger partial charge < -0.3 is 20.5 Å². The molecule has 3 N–H and O–H groups in total. The van der Waals surface area contributed by atoms with Crippen LogP contribution in [0.2, 0.25) is 0 Å². The van der Waals surface area contributed by atoms with Crippen LogP contribution in [-0.2, 0) is 0 Å². The Bertz CT molecular complexity index is 1250. The third-order valence-electron chi connectivity index (χ3n) is 5.92. The van der Waals surface area contributed by atoms with Gasteiger partial charge in [-0.3, -0.25) is 9.20 Å². The lowest BCUT2D eigenvalue weighted by atomic mass is 9.97. The SMILES string of the molecule is NCCC1CCN(c2c(F)cn3c(=O)c(C(=O)O)cc4c3c2-c2ccccc2O4)C1. The van der Waals surface area contributed by atoms with Crippen molar-refractivity contribution in [3.05, 3.63) is 58.3 Å². The summed E-state index contributed by atoms with van der Waals surface area (Å²) in [5.74, 6) is -0.864. The van der Waals surface area contributed by atoms with Crippen LogP contribution in [0, 0.1) is 11.7 Å². The highest BCUT2D eigenvalue weighted by atomic mass is 19.1. The molecule has 1 atom stereocenters. The van der Waals surface area contributed by atoms with Gasteiger partial charge in [-0.1, -0.05) is 18.2 Å². The van der Waals surface area contributed by atoms with E-state index in [1.807, 2.05) is 17.0 Å². The van der Waals surface area contributed by atoms with E-state index in [9.17, 15) is 14.7 Å². The Hall–Kier alpha value is -3.39. The Labute approximate surface area is 171 Å². The second kappa shape index (κ2) is 6.84. The molecule has 30 heavy (non-hydrogen) atoms. The quantitative estimate of drug-likeness (QED) is 0.538. The molecule has 0 aliphatic carbocycles. The van der Waals surface area contributed by atoms with Crippen LogP contribution in [-0.4, -0.2) is 35.1 Å². The van der Waals surface area contributed by atoms with Crippen LogP contribution in [0.5, 0.6) is 11.5 Å². The third kappa shape index (κ3) is 2.68. The molecule has 0 amide bonds. The van der Waals surface area contributed by atoms with Crippen molar-refractivity contribution < 1.29 is 19.0 Å². The number of carboxylic acids is 1. The van der Waals surface area contributed by atoms with Gasteiger partial charge in [0, 0.05) is 30.3 Å². The Morgan fingerprint density at radius 1 is 1.30 bits per heavy atom. The van der Waals surface area contributed by atoms with Crippen LogP contribution in [0.4, 0.5) is 10.1 Å². The lowest BCUT2D eigenvalue weighted by Crippen LogP contribution is -2.27. The number of carbonyl (C=O) groups is 1. The Morgan fingerprint density at radius 2 is 2.10 bits per heavy atom. The minimum Gasteiger partial charge on any atom is -0.477 e. The van der Waals surface area contributed by atoms with E-state index in [0.29, 0.717) is 53.6 Å². The van der Waals surface area contributed by atoms with Crippen molar-refractivity contribution in [2.24, 2.45) is 11.7 Å². The van der Waals surface area contributed by atoms with Crippen molar-refractivity contribution >= 4 is 17.2 Å². The third-order valence-corrected chi connectivity index (χ3v) is 5.92. The molecule has 2 aliphatic rings. The molecule has 8 heteroatoms. The molecule has 7 nitrogen and oxygen atoms in total. The maximum absolute atomic E-state index is 15.5. The number of nitrogens with zero attached hydrogens (tertiary/aromatic N) is 2. The lowest BCUT2D eigenvalue weighted by molar-refractivity contribution is 0.0694. The van der Waals surface area contributed by atoms with E-state index >= 15 is 4.39 Å². The fourth-order valence-corrected chi connectivity index (χ4v) is 4.57. The largest absolute Gasteiger partial charge is 0.477 e. The van der Waals surface area contributed by atoms with Gasteiger partial charge in [-0.15, -0.1) is 0 Å². The van der Waals surface area contributed by atoms with Crippen LogP contribution in [0.3, 0.4) is 0 Å². The molecule has 0 radical (unpaired) electrons. The number of hydrogen-bond acceptors (Lipinski definition) is 5. The molecule has 154 valence electrons. The zero-order valence-corrected chi connectivity index (χ0v) is 16.1. The van der Waals surface area contributed by atoms with E-state index in [0.717, 1.165) is 23.4 Å². The summed E-state index contributed by atoms with van der Waals surface area (Å²) in [7, 11) is 0. The molecular weight excluding hydrogens is 389 g/mol. The summed E-state index contributed by atoms with van der Waals surface area (Å²) in [5.41, 5.74) is 6.45. The molecule has 2 aromatic heterocycles. The van der Waals surface area contributed by atoms with E-state index in [2.05, 4.69) is 0 Å². The van der Waals surface area contributed by atoms with Crippen molar-refractivity contribution in [1.82, 2.24) is 4.40 Å². The number of nitrogens with two attached hydrogens (primary N) is 1. The fourth-order valence-electron chi connectivity index (χ4n) is 4.57. The van der Waals surface area contributed by atoms with Gasteiger partial charge in [-0.05, 0) is 31.4 Å². The van der Waals surface area contributed by atoms with Crippen molar-refractivity contribution in [3.63, 3.8) is 0 Å². The minimum atomic E-state index is -1.39. The summed E-state index contributed by atoms with van der Waals surface area (Å²) in [5, 5.41) is 9.42. The van der Waals surface area contributed by atoms with E-state index in [1.165, 1.54) is 6.07 Å². The van der Waals surface area contributed by atoms with Crippen molar-refractivity contribution in [1.29, 1.82) is 0 Å². The molecular formula is C22H20FN3O4. The number of benzene rings is 1. The Morgan fingerprint density at radius 3 is 2.87 bits per heavy atom. The number of aromatic carboxylic acids is 1. The van der Waals surface area contributed by atoms with Gasteiger partial charge in [0.1, 0.15) is 16.8 Å². The van der Waals surface area contributed by atoms with Crippen molar-refractivity contribution in [2.75, 3.05) is 24.5 Å². The van der Waals surface area contributed by atoms with Crippen LogP contribution in [0.15, 0.2) is 41.3 Å². The van der Waals surface area contributed by atoms with Gasteiger partial charge in [0.2, 0.25) is 0 Å². The van der Waals surface area contributed by atoms with Gasteiger partial charge in [-0.2, -0.15) is 0 Å². The average Bonchev–Trinajstić information content (AvgIpc) is 3.18. The number of aromatic nitrogens is 1. The number of carboxylic acid groups (broad SMARTS) is 1. The molecule has 0 spiro atoms. The van der Waals surface area contributed by atoms with Crippen LogP contribution in [0.25, 0.3) is 16.6 Å². The standard InChI is InChI=1S/C22H20FN3O4/c23-15-11-26-20-17(9-14(21(26)27)22(28)29)30-16-4-2-1-3-13(16)18(20)19(15)25-8-6-12(10-25)5-7-24/h1-4,9,11-12H,5-8,10,24H2,(H,28,29). The number of halogens is 1. The molecule has 0 saturated carbocycles. The molecule has 1 aromatic carbocycles. The Kier molecular flexibility index (Phi) is 4.25. The van der Waals surface area contributed by atoms with Gasteiger partial charge >= 0.3 is 5.97 Å². The van der Waals surface area contributed by atoms with Crippen LogP contribution >= 0.6 is 0 Å². The van der Waals surface area contributed by atoms with E-state index in [-0.39, 0.29) is 5.75 Å². The molecule has 1 saturated heterocycles. The summed E-state index contributed by atoms with van der Waals surface area (Å²) in [6.45, 7) is 1.94. The van der Waals surface area contributed by atoms with E-state index < -0.39 is 22.9 Å². The predicted molar refractivity (Wildman–Crippen MR) is 110 cm³/mol. The summed E-state index contributed by atoms with van der Waals surface area (Å²) >= 11 is 0. The topological polar surface area (TPSA) is 97.3 Å². The summed E-state index contributed by atoms with van der Waals surface area (Å²) in [6.07, 6.45) is 2.85. The van der Waals surface area contributed by atoms with Crippen molar-refractivity contribution in [3.8, 4) is 22.6 Å². The maximum atomic E-state index is 15.5. The van der Waals surface area contributed by atoms with Gasteiger partial charge in [0.05, 0.1) is 11.9 Å². The van der Waals surface area contributed by atoms with E-state index in [1.54, 1.807) is 12.1 Å². The first-order chi connectivity index (χ1) is 14.5. The first-order valence-electron chi connectivity index (χ1n) is 9.87. The number of hydrogen-bond donors (Lipinski definition) is 2. The maximum Gasteiger partial charge on any atom is 0.341 e. The first kappa shape index (κ1) is 18.6. The molecule has 2 aliphatic heterocycles. The molecule has 3 aromatic rings. The van der Waals surface area contributed by atoms with Gasteiger partial charge in [-0.25, -0.2) is 9.18 Å². The molecule has 1 fully saturated rings.